The maximum absolute atomic E-state index is 12.8. The number of ether oxygens (including phenoxy) is 2. The van der Waals surface area contributed by atoms with Crippen molar-refractivity contribution >= 4 is 11.9 Å². The third-order valence-corrected chi connectivity index (χ3v) is 5.14. The smallest absolute Gasteiger partial charge is 0.321 e. The van der Waals surface area contributed by atoms with Crippen molar-refractivity contribution < 1.29 is 19.1 Å². The lowest BCUT2D eigenvalue weighted by atomic mass is 9.91. The molecule has 0 aliphatic carbocycles. The first-order valence-corrected chi connectivity index (χ1v) is 10.2. The predicted octanol–water partition coefficient (Wildman–Crippen LogP) is 3.47. The minimum Gasteiger partial charge on any atom is -0.460 e. The fraction of sp³-hybridized carbons (Fsp3) is 0.522. The molecule has 1 aromatic heterocycles. The molecule has 0 saturated heterocycles. The van der Waals surface area contributed by atoms with Gasteiger partial charge in [-0.15, -0.1) is 0 Å². The van der Waals surface area contributed by atoms with Gasteiger partial charge in [0.1, 0.15) is 12.2 Å². The Morgan fingerprint density at radius 2 is 1.90 bits per heavy atom. The number of aromatic nitrogens is 2. The number of rotatable bonds is 8. The number of hydrogen-bond donors (Lipinski definition) is 2. The second-order valence-corrected chi connectivity index (χ2v) is 8.68. The van der Waals surface area contributed by atoms with Crippen LogP contribution in [0.5, 0.6) is 0 Å². The third-order valence-electron chi connectivity index (χ3n) is 5.14. The summed E-state index contributed by atoms with van der Waals surface area (Å²) in [5.41, 5.74) is 8.98. The average Bonchev–Trinajstić information content (AvgIpc) is 3.20. The molecule has 0 saturated carbocycles. The number of imidazole rings is 1. The van der Waals surface area contributed by atoms with Crippen molar-refractivity contribution in [2.45, 2.75) is 59.7 Å². The number of nitrogens with two attached hydrogens (primary N) is 1. The highest BCUT2D eigenvalue weighted by atomic mass is 16.6. The summed E-state index contributed by atoms with van der Waals surface area (Å²) in [7, 11) is 0. The van der Waals surface area contributed by atoms with Crippen LogP contribution in [-0.2, 0) is 25.7 Å². The Morgan fingerprint density at radius 3 is 2.47 bits per heavy atom. The Labute approximate surface area is 178 Å². The molecule has 164 valence electrons. The SMILES string of the molecule is Cc1c(COC(=O)C(C(=O)OC(C)(C)C)C(C)CN)cccc1[C@H](C)c1c[nH]cn1. The van der Waals surface area contributed by atoms with Gasteiger partial charge in [0.25, 0.3) is 0 Å². The molecule has 0 radical (unpaired) electrons. The van der Waals surface area contributed by atoms with Crippen LogP contribution >= 0.6 is 0 Å². The molecule has 7 heteroatoms. The fourth-order valence-electron chi connectivity index (χ4n) is 3.30. The summed E-state index contributed by atoms with van der Waals surface area (Å²) in [5, 5.41) is 0. The molecule has 0 aliphatic heterocycles. The summed E-state index contributed by atoms with van der Waals surface area (Å²) in [4.78, 5) is 32.6. The van der Waals surface area contributed by atoms with Gasteiger partial charge in [0.2, 0.25) is 0 Å². The molecular formula is C23H33N3O4. The van der Waals surface area contributed by atoms with Crippen molar-refractivity contribution in [2.75, 3.05) is 6.54 Å². The van der Waals surface area contributed by atoms with Gasteiger partial charge in [-0.25, -0.2) is 4.98 Å². The van der Waals surface area contributed by atoms with Gasteiger partial charge in [0.15, 0.2) is 5.92 Å². The summed E-state index contributed by atoms with van der Waals surface area (Å²) >= 11 is 0. The summed E-state index contributed by atoms with van der Waals surface area (Å²) in [6.45, 7) is 11.3. The molecular weight excluding hydrogens is 382 g/mol. The molecule has 2 rings (SSSR count). The van der Waals surface area contributed by atoms with Crippen LogP contribution in [0.2, 0.25) is 0 Å². The minimum atomic E-state index is -1.05. The molecule has 0 spiro atoms. The van der Waals surface area contributed by atoms with E-state index in [0.29, 0.717) is 0 Å². The van der Waals surface area contributed by atoms with Crippen molar-refractivity contribution in [1.82, 2.24) is 9.97 Å². The Balaban J connectivity index is 2.15. The van der Waals surface area contributed by atoms with Crippen LogP contribution in [0.1, 0.15) is 62.9 Å². The molecule has 2 unspecified atom stereocenters. The monoisotopic (exact) mass is 415 g/mol. The van der Waals surface area contributed by atoms with E-state index in [0.717, 1.165) is 22.4 Å². The first kappa shape index (κ1) is 23.6. The van der Waals surface area contributed by atoms with Gasteiger partial charge in [-0.3, -0.25) is 9.59 Å². The highest BCUT2D eigenvalue weighted by Crippen LogP contribution is 2.28. The Bertz CT molecular complexity index is 856. The van der Waals surface area contributed by atoms with Crippen LogP contribution in [0.15, 0.2) is 30.7 Å². The Hall–Kier alpha value is -2.67. The van der Waals surface area contributed by atoms with Crippen molar-refractivity contribution in [2.24, 2.45) is 17.6 Å². The van der Waals surface area contributed by atoms with Gasteiger partial charge in [-0.1, -0.05) is 32.0 Å². The quantitative estimate of drug-likeness (QED) is 0.505. The maximum Gasteiger partial charge on any atom is 0.321 e. The molecule has 0 amide bonds. The van der Waals surface area contributed by atoms with Gasteiger partial charge in [-0.05, 0) is 56.8 Å². The number of aromatic amines is 1. The number of hydrogen-bond acceptors (Lipinski definition) is 6. The first-order chi connectivity index (χ1) is 14.0. The number of nitrogens with one attached hydrogen (secondary N) is 1. The topological polar surface area (TPSA) is 107 Å². The maximum atomic E-state index is 12.8. The molecule has 2 aromatic rings. The average molecular weight is 416 g/mol. The number of nitrogens with zero attached hydrogens (tertiary/aromatic N) is 1. The van der Waals surface area contributed by atoms with Crippen LogP contribution in [0.25, 0.3) is 0 Å². The van der Waals surface area contributed by atoms with Crippen LogP contribution in [0.4, 0.5) is 0 Å². The summed E-state index contributed by atoms with van der Waals surface area (Å²) < 4.78 is 10.9. The normalized spacial score (nSPS) is 14.6. The lowest BCUT2D eigenvalue weighted by molar-refractivity contribution is -0.172. The highest BCUT2D eigenvalue weighted by Gasteiger charge is 2.36. The predicted molar refractivity (Wildman–Crippen MR) is 115 cm³/mol. The lowest BCUT2D eigenvalue weighted by Gasteiger charge is -2.26. The van der Waals surface area contributed by atoms with E-state index in [1.54, 1.807) is 34.0 Å². The number of H-pyrrole nitrogens is 1. The molecule has 30 heavy (non-hydrogen) atoms. The van der Waals surface area contributed by atoms with Gasteiger partial charge in [0, 0.05) is 12.1 Å². The second kappa shape index (κ2) is 9.89. The van der Waals surface area contributed by atoms with E-state index in [2.05, 4.69) is 16.9 Å². The number of carbonyl (C=O) groups is 2. The van der Waals surface area contributed by atoms with Crippen molar-refractivity contribution in [3.05, 3.63) is 53.1 Å². The van der Waals surface area contributed by atoms with Gasteiger partial charge in [0.05, 0.1) is 12.0 Å². The first-order valence-electron chi connectivity index (χ1n) is 10.2. The summed E-state index contributed by atoms with van der Waals surface area (Å²) in [6, 6.07) is 5.89. The van der Waals surface area contributed by atoms with E-state index >= 15 is 0 Å². The van der Waals surface area contributed by atoms with E-state index in [1.807, 2.05) is 31.3 Å². The number of benzene rings is 1. The van der Waals surface area contributed by atoms with E-state index < -0.39 is 23.5 Å². The van der Waals surface area contributed by atoms with E-state index in [1.165, 1.54) is 0 Å². The molecule has 1 aromatic carbocycles. The molecule has 0 bridgehead atoms. The lowest BCUT2D eigenvalue weighted by Crippen LogP contribution is -2.39. The van der Waals surface area contributed by atoms with E-state index in [9.17, 15) is 9.59 Å². The van der Waals surface area contributed by atoms with Crippen LogP contribution < -0.4 is 5.73 Å². The zero-order chi connectivity index (χ0) is 22.5. The zero-order valence-corrected chi connectivity index (χ0v) is 18.7. The highest BCUT2D eigenvalue weighted by molar-refractivity contribution is 5.95. The number of carbonyl (C=O) groups excluding carboxylic acids is 2. The van der Waals surface area contributed by atoms with Gasteiger partial charge >= 0.3 is 11.9 Å². The van der Waals surface area contributed by atoms with Gasteiger partial charge < -0.3 is 20.2 Å². The molecule has 1 heterocycles. The fourth-order valence-corrected chi connectivity index (χ4v) is 3.30. The molecule has 0 aliphatic rings. The van der Waals surface area contributed by atoms with E-state index in [-0.39, 0.29) is 25.0 Å². The second-order valence-electron chi connectivity index (χ2n) is 8.68. The zero-order valence-electron chi connectivity index (χ0n) is 18.7. The van der Waals surface area contributed by atoms with Crippen LogP contribution in [-0.4, -0.2) is 34.1 Å². The standard InChI is InChI=1S/C23H33N3O4/c1-14(10-24)20(22(28)30-23(4,5)6)21(27)29-12-17-8-7-9-18(15(17)2)16(3)19-11-25-13-26-19/h7-9,11,13-14,16,20H,10,12,24H2,1-6H3,(H,25,26)/t14?,16-,20?/m0/s1. The Morgan fingerprint density at radius 1 is 1.20 bits per heavy atom. The summed E-state index contributed by atoms with van der Waals surface area (Å²) in [5.74, 6) is -2.57. The van der Waals surface area contributed by atoms with Crippen molar-refractivity contribution in [3.63, 3.8) is 0 Å². The molecule has 3 atom stereocenters. The van der Waals surface area contributed by atoms with Crippen LogP contribution in [0.3, 0.4) is 0 Å². The molecule has 7 nitrogen and oxygen atoms in total. The van der Waals surface area contributed by atoms with Gasteiger partial charge in [-0.2, -0.15) is 0 Å². The largest absolute Gasteiger partial charge is 0.460 e. The van der Waals surface area contributed by atoms with Crippen molar-refractivity contribution in [1.29, 1.82) is 0 Å². The third kappa shape index (κ3) is 5.92. The van der Waals surface area contributed by atoms with Crippen LogP contribution in [0, 0.1) is 18.8 Å². The molecule has 3 N–H and O–H groups in total. The minimum absolute atomic E-state index is 0.0718. The Kier molecular flexibility index (Phi) is 7.78. The van der Waals surface area contributed by atoms with E-state index in [4.69, 9.17) is 15.2 Å². The van der Waals surface area contributed by atoms with Crippen molar-refractivity contribution in [3.8, 4) is 0 Å². The summed E-state index contributed by atoms with van der Waals surface area (Å²) in [6.07, 6.45) is 3.53. The number of esters is 2. The molecule has 0 fully saturated rings.